The van der Waals surface area contributed by atoms with Crippen molar-refractivity contribution in [2.24, 2.45) is 0 Å². The van der Waals surface area contributed by atoms with E-state index in [1.54, 1.807) is 0 Å². The van der Waals surface area contributed by atoms with E-state index in [0.29, 0.717) is 12.8 Å². The minimum Gasteiger partial charge on any atom is -0.296 e. The van der Waals surface area contributed by atoms with Gasteiger partial charge in [-0.2, -0.15) is 0 Å². The minimum absolute atomic E-state index is 0.533. The van der Waals surface area contributed by atoms with Gasteiger partial charge in [-0.05, 0) is 89.8 Å². The van der Waals surface area contributed by atoms with Crippen molar-refractivity contribution in [3.05, 3.63) is 59.7 Å². The van der Waals surface area contributed by atoms with Crippen LogP contribution in [-0.2, 0) is 19.8 Å². The van der Waals surface area contributed by atoms with Crippen LogP contribution in [0.2, 0.25) is 0 Å². The van der Waals surface area contributed by atoms with E-state index in [2.05, 4.69) is 22.0 Å². The molecule has 2 rings (SSSR count). The van der Waals surface area contributed by atoms with E-state index in [0.717, 1.165) is 22.5 Å². The fraction of sp³-hybridized carbons (Fsp3) is 0.455. The van der Waals surface area contributed by atoms with Crippen LogP contribution in [0.5, 0.6) is 0 Å². The van der Waals surface area contributed by atoms with E-state index in [1.165, 1.54) is 0 Å². The van der Waals surface area contributed by atoms with Gasteiger partial charge in [-0.15, -0.1) is 9.98 Å². The highest BCUT2D eigenvalue weighted by Gasteiger charge is 2.28. The molecule has 0 heterocycles. The van der Waals surface area contributed by atoms with Crippen molar-refractivity contribution in [1.82, 2.24) is 11.2 Å². The zero-order valence-electron chi connectivity index (χ0n) is 18.7. The molecular weight excluding hydrogens is 384 g/mol. The fourth-order valence-electron chi connectivity index (χ4n) is 2.56. The molecule has 8 heteroatoms. The molecule has 2 aromatic carbocycles. The van der Waals surface area contributed by atoms with Gasteiger partial charge in [0.2, 0.25) is 0 Å². The number of hydrazine groups is 2. The lowest BCUT2D eigenvalue weighted by Gasteiger charge is -2.29. The number of nitrogens with one attached hydrogen (secondary N) is 4. The van der Waals surface area contributed by atoms with E-state index in [4.69, 9.17) is 19.8 Å². The first-order valence-electron chi connectivity index (χ1n) is 10.00. The van der Waals surface area contributed by atoms with E-state index >= 15 is 0 Å². The van der Waals surface area contributed by atoms with Gasteiger partial charge in [0.1, 0.15) is 11.2 Å². The zero-order valence-corrected chi connectivity index (χ0v) is 18.7. The highest BCUT2D eigenvalue weighted by molar-refractivity contribution is 5.44. The molecule has 166 valence electrons. The summed E-state index contributed by atoms with van der Waals surface area (Å²) in [6, 6.07) is 15.8. The zero-order chi connectivity index (χ0) is 22.0. The molecule has 0 bridgehead atoms. The van der Waals surface area contributed by atoms with Crippen LogP contribution in [0.25, 0.3) is 0 Å². The van der Waals surface area contributed by atoms with Crippen LogP contribution in [0.3, 0.4) is 0 Å². The molecule has 0 saturated heterocycles. The van der Waals surface area contributed by atoms with Crippen LogP contribution in [0.15, 0.2) is 48.5 Å². The summed E-state index contributed by atoms with van der Waals surface area (Å²) in [7, 11) is 0. The second kappa shape index (κ2) is 11.3. The summed E-state index contributed by atoms with van der Waals surface area (Å²) in [6.07, 6.45) is 1.36. The van der Waals surface area contributed by atoms with E-state index in [-0.39, 0.29) is 0 Å². The summed E-state index contributed by atoms with van der Waals surface area (Å²) in [5.41, 5.74) is 14.0. The first kappa shape index (κ1) is 24.1. The number of hydrogen-bond donors (Lipinski definition) is 4. The van der Waals surface area contributed by atoms with Crippen molar-refractivity contribution < 1.29 is 19.8 Å². The van der Waals surface area contributed by atoms with Crippen LogP contribution in [0, 0.1) is 13.8 Å². The molecule has 0 saturated carbocycles. The topological polar surface area (TPSA) is 85.0 Å². The van der Waals surface area contributed by atoms with Gasteiger partial charge in [-0.25, -0.2) is 9.78 Å². The summed E-state index contributed by atoms with van der Waals surface area (Å²) >= 11 is 0. The predicted octanol–water partition coefficient (Wildman–Crippen LogP) is 4.90. The van der Waals surface area contributed by atoms with Crippen molar-refractivity contribution in [2.75, 3.05) is 10.9 Å². The van der Waals surface area contributed by atoms with E-state index < -0.39 is 11.2 Å². The van der Waals surface area contributed by atoms with Crippen LogP contribution in [0.1, 0.15) is 51.7 Å². The summed E-state index contributed by atoms with van der Waals surface area (Å²) in [5, 5.41) is 0. The molecule has 0 spiro atoms. The second-order valence-corrected chi connectivity index (χ2v) is 8.55. The molecule has 0 aliphatic carbocycles. The third kappa shape index (κ3) is 9.53. The van der Waals surface area contributed by atoms with Crippen molar-refractivity contribution in [3.63, 3.8) is 0 Å². The molecule has 0 aromatic heterocycles. The van der Waals surface area contributed by atoms with Crippen LogP contribution >= 0.6 is 0 Å². The van der Waals surface area contributed by atoms with Gasteiger partial charge in [0.25, 0.3) is 0 Å². The van der Waals surface area contributed by atoms with Gasteiger partial charge < -0.3 is 0 Å². The lowest BCUT2D eigenvalue weighted by atomic mass is 9.94. The minimum atomic E-state index is -0.533. The smallest absolute Gasteiger partial charge is 0.100 e. The Morgan fingerprint density at radius 2 is 1.07 bits per heavy atom. The Balaban J connectivity index is 1.62. The average molecular weight is 419 g/mol. The average Bonchev–Trinajstić information content (AvgIpc) is 2.68. The number of rotatable bonds is 13. The van der Waals surface area contributed by atoms with Crippen molar-refractivity contribution in [2.45, 2.75) is 65.6 Å². The van der Waals surface area contributed by atoms with Gasteiger partial charge in [0.05, 0.1) is 11.4 Å². The Morgan fingerprint density at radius 1 is 0.667 bits per heavy atom. The van der Waals surface area contributed by atoms with Crippen LogP contribution < -0.4 is 22.0 Å². The number of aryl methyl sites for hydroxylation is 2. The largest absolute Gasteiger partial charge is 0.296 e. The normalized spacial score (nSPS) is 12.1. The number of hydrogen-bond acceptors (Lipinski definition) is 8. The molecule has 0 atom stereocenters. The molecule has 0 radical (unpaired) electrons. The lowest BCUT2D eigenvalue weighted by Crippen LogP contribution is -2.36. The predicted molar refractivity (Wildman–Crippen MR) is 118 cm³/mol. The maximum atomic E-state index is 5.47. The Bertz CT molecular complexity index is 718. The summed E-state index contributed by atoms with van der Waals surface area (Å²) in [5.74, 6) is 0. The van der Waals surface area contributed by atoms with Crippen molar-refractivity contribution in [1.29, 1.82) is 0 Å². The first-order chi connectivity index (χ1) is 14.2. The third-order valence-corrected chi connectivity index (χ3v) is 4.37. The molecular formula is C22H34N4O4. The van der Waals surface area contributed by atoms with Gasteiger partial charge in [0, 0.05) is 0 Å². The molecule has 2 aromatic rings. The fourth-order valence-corrected chi connectivity index (χ4v) is 2.56. The second-order valence-electron chi connectivity index (χ2n) is 8.55. The monoisotopic (exact) mass is 418 g/mol. The number of benzene rings is 2. The molecule has 8 nitrogen and oxygen atoms in total. The van der Waals surface area contributed by atoms with Gasteiger partial charge in [-0.1, -0.05) is 35.4 Å². The molecule has 0 aliphatic heterocycles. The van der Waals surface area contributed by atoms with Gasteiger partial charge in [0.15, 0.2) is 0 Å². The van der Waals surface area contributed by atoms with E-state index in [1.807, 2.05) is 90.1 Å². The third-order valence-electron chi connectivity index (χ3n) is 4.37. The Kier molecular flexibility index (Phi) is 9.04. The standard InChI is InChI=1S/C22H34N4O4/c1-17-9-7-11-19(15-17)23-25-29-27-21(3,4)13-14-22(5,6)28-30-26-24-20-12-8-10-18(2)16-20/h7-12,15-16,23-26H,13-14H2,1-6H3. The van der Waals surface area contributed by atoms with Gasteiger partial charge in [-0.3, -0.25) is 10.9 Å². The van der Waals surface area contributed by atoms with Gasteiger partial charge >= 0.3 is 0 Å². The van der Waals surface area contributed by atoms with Crippen molar-refractivity contribution in [3.8, 4) is 0 Å². The summed E-state index contributed by atoms with van der Waals surface area (Å²) in [4.78, 5) is 21.2. The summed E-state index contributed by atoms with van der Waals surface area (Å²) in [6.45, 7) is 11.8. The molecule has 0 fully saturated rings. The quantitative estimate of drug-likeness (QED) is 0.208. The Hall–Kier alpha value is -2.20. The maximum absolute atomic E-state index is 5.47. The van der Waals surface area contributed by atoms with E-state index in [9.17, 15) is 0 Å². The highest BCUT2D eigenvalue weighted by atomic mass is 17.3. The molecule has 4 N–H and O–H groups in total. The van der Waals surface area contributed by atoms with Crippen LogP contribution in [-0.4, -0.2) is 11.2 Å². The molecule has 30 heavy (non-hydrogen) atoms. The Morgan fingerprint density at radius 3 is 1.43 bits per heavy atom. The molecule has 0 amide bonds. The van der Waals surface area contributed by atoms with Crippen molar-refractivity contribution >= 4 is 11.4 Å². The molecule has 0 unspecified atom stereocenters. The molecule has 0 aliphatic rings. The number of anilines is 2. The highest BCUT2D eigenvalue weighted by Crippen LogP contribution is 2.25. The van der Waals surface area contributed by atoms with Crippen LogP contribution in [0.4, 0.5) is 11.4 Å². The maximum Gasteiger partial charge on any atom is 0.100 e. The SMILES string of the molecule is Cc1cccc(NNOOC(C)(C)CCC(C)(C)OONNc2cccc(C)c2)c1. The summed E-state index contributed by atoms with van der Waals surface area (Å²) < 4.78 is 0. The lowest BCUT2D eigenvalue weighted by molar-refractivity contribution is -0.398. The first-order valence-corrected chi connectivity index (χ1v) is 10.00. The Labute approximate surface area is 178 Å².